The number of hydrogen-bond acceptors (Lipinski definition) is 4. The van der Waals surface area contributed by atoms with Crippen molar-refractivity contribution in [3.63, 3.8) is 0 Å². The van der Waals surface area contributed by atoms with Crippen molar-refractivity contribution < 1.29 is 14.8 Å². The molecule has 1 rings (SSSR count). The Bertz CT molecular complexity index is 486. The number of rotatable bonds is 6. The molecule has 0 fully saturated rings. The van der Waals surface area contributed by atoms with Crippen LogP contribution in [0, 0.1) is 16.0 Å². The van der Waals surface area contributed by atoms with E-state index in [-0.39, 0.29) is 11.6 Å². The Labute approximate surface area is 111 Å². The molecule has 1 unspecified atom stereocenters. The zero-order chi connectivity index (χ0) is 14.6. The molecule has 6 nitrogen and oxygen atoms in total. The molecule has 0 spiro atoms. The van der Waals surface area contributed by atoms with Gasteiger partial charge in [0.15, 0.2) is 0 Å². The summed E-state index contributed by atoms with van der Waals surface area (Å²) in [5, 5.41) is 22.9. The Morgan fingerprint density at radius 2 is 2.05 bits per heavy atom. The SMILES string of the molecule is CC(C)CC(C)Nc1ccc([N+](=O)[O-])c(C(=O)O)c1. The van der Waals surface area contributed by atoms with Gasteiger partial charge in [0.05, 0.1) is 4.92 Å². The highest BCUT2D eigenvalue weighted by molar-refractivity contribution is 5.93. The van der Waals surface area contributed by atoms with Crippen LogP contribution in [0.3, 0.4) is 0 Å². The lowest BCUT2D eigenvalue weighted by atomic mass is 10.0. The average Bonchev–Trinajstić information content (AvgIpc) is 2.27. The van der Waals surface area contributed by atoms with E-state index in [9.17, 15) is 14.9 Å². The Morgan fingerprint density at radius 3 is 2.53 bits per heavy atom. The van der Waals surface area contributed by atoms with Crippen molar-refractivity contribution in [2.24, 2.45) is 5.92 Å². The predicted octanol–water partition coefficient (Wildman–Crippen LogP) is 3.14. The fourth-order valence-corrected chi connectivity index (χ4v) is 2.01. The minimum Gasteiger partial charge on any atom is -0.477 e. The third-order valence-corrected chi connectivity index (χ3v) is 2.66. The van der Waals surface area contributed by atoms with Crippen molar-refractivity contribution in [2.45, 2.75) is 33.2 Å². The summed E-state index contributed by atoms with van der Waals surface area (Å²) in [6.45, 7) is 6.18. The van der Waals surface area contributed by atoms with Gasteiger partial charge in [0.2, 0.25) is 0 Å². The van der Waals surface area contributed by atoms with Crippen molar-refractivity contribution in [3.05, 3.63) is 33.9 Å². The highest BCUT2D eigenvalue weighted by Gasteiger charge is 2.20. The third kappa shape index (κ3) is 4.24. The Hall–Kier alpha value is -2.11. The van der Waals surface area contributed by atoms with E-state index in [4.69, 9.17) is 5.11 Å². The molecule has 1 atom stereocenters. The number of nitrogens with zero attached hydrogens (tertiary/aromatic N) is 1. The summed E-state index contributed by atoms with van der Waals surface area (Å²) in [5.41, 5.74) is -0.113. The number of nitrogens with one attached hydrogen (secondary N) is 1. The minimum atomic E-state index is -1.30. The molecule has 2 N–H and O–H groups in total. The molecule has 0 aliphatic rings. The molecule has 1 aromatic carbocycles. The van der Waals surface area contributed by atoms with Crippen LogP contribution in [0.5, 0.6) is 0 Å². The summed E-state index contributed by atoms with van der Waals surface area (Å²) in [4.78, 5) is 21.0. The number of benzene rings is 1. The fraction of sp³-hybridized carbons (Fsp3) is 0.462. The first kappa shape index (κ1) is 14.9. The van der Waals surface area contributed by atoms with Crippen LogP contribution in [-0.2, 0) is 0 Å². The Balaban J connectivity index is 2.96. The van der Waals surface area contributed by atoms with Gasteiger partial charge in [0.1, 0.15) is 5.56 Å². The first-order chi connectivity index (χ1) is 8.81. The molecule has 0 aliphatic carbocycles. The summed E-state index contributed by atoms with van der Waals surface area (Å²) < 4.78 is 0. The monoisotopic (exact) mass is 266 g/mol. The maximum atomic E-state index is 11.0. The van der Waals surface area contributed by atoms with Gasteiger partial charge in [-0.05, 0) is 31.4 Å². The lowest BCUT2D eigenvalue weighted by molar-refractivity contribution is -0.385. The summed E-state index contributed by atoms with van der Waals surface area (Å²) in [6, 6.07) is 4.22. The number of anilines is 1. The smallest absolute Gasteiger partial charge is 0.342 e. The van der Waals surface area contributed by atoms with Gasteiger partial charge in [-0.1, -0.05) is 13.8 Å². The highest BCUT2D eigenvalue weighted by atomic mass is 16.6. The van der Waals surface area contributed by atoms with E-state index in [1.54, 1.807) is 0 Å². The molecule has 1 aromatic rings. The molecule has 0 radical (unpaired) electrons. The average molecular weight is 266 g/mol. The van der Waals surface area contributed by atoms with Crippen LogP contribution in [0.15, 0.2) is 18.2 Å². The molecule has 19 heavy (non-hydrogen) atoms. The van der Waals surface area contributed by atoms with Crippen LogP contribution >= 0.6 is 0 Å². The molecule has 0 aliphatic heterocycles. The highest BCUT2D eigenvalue weighted by Crippen LogP contribution is 2.23. The topological polar surface area (TPSA) is 92.5 Å². The largest absolute Gasteiger partial charge is 0.477 e. The van der Waals surface area contributed by atoms with Gasteiger partial charge in [0.25, 0.3) is 5.69 Å². The van der Waals surface area contributed by atoms with E-state index in [1.807, 2.05) is 6.92 Å². The lowest BCUT2D eigenvalue weighted by Gasteiger charge is -2.17. The van der Waals surface area contributed by atoms with Gasteiger partial charge < -0.3 is 10.4 Å². The van der Waals surface area contributed by atoms with E-state index in [0.717, 1.165) is 6.42 Å². The van der Waals surface area contributed by atoms with Crippen LogP contribution in [-0.4, -0.2) is 22.0 Å². The molecule has 0 saturated heterocycles. The summed E-state index contributed by atoms with van der Waals surface area (Å²) in [6.07, 6.45) is 0.930. The fourth-order valence-electron chi connectivity index (χ4n) is 2.01. The van der Waals surface area contributed by atoms with Gasteiger partial charge in [-0.25, -0.2) is 4.79 Å². The predicted molar refractivity (Wildman–Crippen MR) is 72.6 cm³/mol. The Kier molecular flexibility index (Phi) is 4.86. The second-order valence-electron chi connectivity index (χ2n) is 4.97. The van der Waals surface area contributed by atoms with Gasteiger partial charge in [-0.2, -0.15) is 0 Å². The molecule has 0 bridgehead atoms. The lowest BCUT2D eigenvalue weighted by Crippen LogP contribution is -2.17. The van der Waals surface area contributed by atoms with Crippen molar-refractivity contribution in [3.8, 4) is 0 Å². The van der Waals surface area contributed by atoms with Crippen LogP contribution in [0.1, 0.15) is 37.6 Å². The molecule has 104 valence electrons. The number of carbonyl (C=O) groups is 1. The van der Waals surface area contributed by atoms with Crippen LogP contribution < -0.4 is 5.32 Å². The molecular weight excluding hydrogens is 248 g/mol. The van der Waals surface area contributed by atoms with Crippen molar-refractivity contribution in [1.82, 2.24) is 0 Å². The zero-order valence-electron chi connectivity index (χ0n) is 11.2. The second kappa shape index (κ2) is 6.17. The van der Waals surface area contributed by atoms with E-state index < -0.39 is 16.6 Å². The normalized spacial score (nSPS) is 12.2. The van der Waals surface area contributed by atoms with Gasteiger partial charge in [-0.3, -0.25) is 10.1 Å². The molecule has 0 heterocycles. The van der Waals surface area contributed by atoms with Gasteiger partial charge in [-0.15, -0.1) is 0 Å². The van der Waals surface area contributed by atoms with E-state index in [2.05, 4.69) is 19.2 Å². The minimum absolute atomic E-state index is 0.170. The van der Waals surface area contributed by atoms with Gasteiger partial charge in [0, 0.05) is 17.8 Å². The van der Waals surface area contributed by atoms with Gasteiger partial charge >= 0.3 is 5.97 Å². The zero-order valence-corrected chi connectivity index (χ0v) is 11.2. The van der Waals surface area contributed by atoms with E-state index >= 15 is 0 Å². The number of nitro benzene ring substituents is 1. The number of nitro groups is 1. The Morgan fingerprint density at radius 1 is 1.42 bits per heavy atom. The van der Waals surface area contributed by atoms with Crippen LogP contribution in [0.4, 0.5) is 11.4 Å². The second-order valence-corrected chi connectivity index (χ2v) is 4.97. The summed E-state index contributed by atoms with van der Waals surface area (Å²) >= 11 is 0. The molecule has 0 amide bonds. The maximum absolute atomic E-state index is 11.0. The summed E-state index contributed by atoms with van der Waals surface area (Å²) in [7, 11) is 0. The van der Waals surface area contributed by atoms with Crippen molar-refractivity contribution in [2.75, 3.05) is 5.32 Å². The number of hydrogen-bond donors (Lipinski definition) is 2. The number of aromatic carboxylic acids is 1. The number of carboxylic acids is 1. The van der Waals surface area contributed by atoms with Crippen LogP contribution in [0.2, 0.25) is 0 Å². The first-order valence-electron chi connectivity index (χ1n) is 6.09. The van der Waals surface area contributed by atoms with Crippen LogP contribution in [0.25, 0.3) is 0 Å². The number of carboxylic acid groups (broad SMARTS) is 1. The molecule has 0 saturated carbocycles. The third-order valence-electron chi connectivity index (χ3n) is 2.66. The molecule has 6 heteroatoms. The maximum Gasteiger partial charge on any atom is 0.342 e. The van der Waals surface area contributed by atoms with E-state index in [1.165, 1.54) is 18.2 Å². The van der Waals surface area contributed by atoms with Crippen molar-refractivity contribution in [1.29, 1.82) is 0 Å². The van der Waals surface area contributed by atoms with Crippen molar-refractivity contribution >= 4 is 17.3 Å². The molecule has 0 aromatic heterocycles. The summed E-state index contributed by atoms with van der Waals surface area (Å²) in [5.74, 6) is -0.786. The molecular formula is C13H18N2O4. The quantitative estimate of drug-likeness (QED) is 0.609. The van der Waals surface area contributed by atoms with E-state index in [0.29, 0.717) is 11.6 Å². The standard InChI is InChI=1S/C13H18N2O4/c1-8(2)6-9(3)14-10-4-5-12(15(18)19)11(7-10)13(16)17/h4-5,7-9,14H,6H2,1-3H3,(H,16,17). The first-order valence-corrected chi connectivity index (χ1v) is 6.09.